The molecule has 6 rings (SSSR count). The Kier molecular flexibility index (Phi) is 7.69. The lowest BCUT2D eigenvalue weighted by atomic mass is 9.77. The summed E-state index contributed by atoms with van der Waals surface area (Å²) in [5.41, 5.74) is 2.48. The third-order valence-electron chi connectivity index (χ3n) is 8.02. The van der Waals surface area contributed by atoms with Gasteiger partial charge in [0, 0.05) is 53.0 Å². The maximum absolute atomic E-state index is 13.2. The number of carbonyl (C=O) groups is 3. The molecule has 2 aliphatic rings. The van der Waals surface area contributed by atoms with Gasteiger partial charge in [-0.1, -0.05) is 30.5 Å². The highest BCUT2D eigenvalue weighted by molar-refractivity contribution is 6.00. The molecule has 0 atom stereocenters. The zero-order valence-corrected chi connectivity index (χ0v) is 24.2. The van der Waals surface area contributed by atoms with E-state index >= 15 is 0 Å². The van der Waals surface area contributed by atoms with Gasteiger partial charge in [0.2, 0.25) is 0 Å². The number of benzene rings is 4. The van der Waals surface area contributed by atoms with Crippen LogP contribution in [0.15, 0.2) is 78.9 Å². The number of carbonyl (C=O) groups excluding carboxylic acids is 3. The molecular formula is C35H32N2O7. The summed E-state index contributed by atoms with van der Waals surface area (Å²) < 4.78 is 12.1. The van der Waals surface area contributed by atoms with Crippen LogP contribution in [0.2, 0.25) is 0 Å². The van der Waals surface area contributed by atoms with Gasteiger partial charge in [0.25, 0.3) is 11.8 Å². The number of rotatable bonds is 9. The van der Waals surface area contributed by atoms with Crippen LogP contribution in [0, 0.1) is 6.92 Å². The molecule has 44 heavy (non-hydrogen) atoms. The molecule has 1 spiro atoms. The number of nitrogens with one attached hydrogen (secondary N) is 2. The second-order valence-electron chi connectivity index (χ2n) is 11.1. The lowest BCUT2D eigenvalue weighted by molar-refractivity contribution is 0.0224. The van der Waals surface area contributed by atoms with E-state index in [1.165, 1.54) is 24.3 Å². The zero-order valence-electron chi connectivity index (χ0n) is 24.2. The van der Waals surface area contributed by atoms with Crippen molar-refractivity contribution < 1.29 is 34.1 Å². The first-order valence-corrected chi connectivity index (χ1v) is 14.6. The first kappa shape index (κ1) is 28.8. The van der Waals surface area contributed by atoms with Gasteiger partial charge in [0.15, 0.2) is 5.60 Å². The van der Waals surface area contributed by atoms with Gasteiger partial charge in [0.05, 0.1) is 5.56 Å². The van der Waals surface area contributed by atoms with Crippen LogP contribution in [-0.4, -0.2) is 41.1 Å². The van der Waals surface area contributed by atoms with Crippen molar-refractivity contribution in [1.82, 2.24) is 10.6 Å². The van der Waals surface area contributed by atoms with E-state index in [1.807, 2.05) is 31.2 Å². The lowest BCUT2D eigenvalue weighted by Gasteiger charge is -2.36. The minimum Gasteiger partial charge on any atom is -0.508 e. The number of phenols is 2. The molecule has 0 aromatic heterocycles. The number of phenolic OH excluding ortho intramolecular Hbond substituents is 2. The van der Waals surface area contributed by atoms with E-state index in [0.717, 1.165) is 31.2 Å². The highest BCUT2D eigenvalue weighted by atomic mass is 16.6. The van der Waals surface area contributed by atoms with Gasteiger partial charge in [-0.15, -0.1) is 0 Å². The first-order valence-electron chi connectivity index (χ1n) is 14.6. The monoisotopic (exact) mass is 592 g/mol. The van der Waals surface area contributed by atoms with Gasteiger partial charge in [0.1, 0.15) is 23.0 Å². The molecule has 4 aromatic rings. The summed E-state index contributed by atoms with van der Waals surface area (Å²) in [5, 5.41) is 26.1. The van der Waals surface area contributed by atoms with E-state index in [4.69, 9.17) is 9.47 Å². The highest BCUT2D eigenvalue weighted by Crippen LogP contribution is 2.57. The first-order chi connectivity index (χ1) is 21.3. The number of unbranched alkanes of at least 4 members (excludes halogenated alkanes) is 3. The topological polar surface area (TPSA) is 134 Å². The van der Waals surface area contributed by atoms with E-state index in [9.17, 15) is 24.6 Å². The molecule has 0 bridgehead atoms. The number of hydrogen-bond donors (Lipinski definition) is 4. The summed E-state index contributed by atoms with van der Waals surface area (Å²) in [7, 11) is 0. The Morgan fingerprint density at radius 2 is 1.23 bits per heavy atom. The molecule has 0 radical (unpaired) electrons. The fraction of sp³-hybridized carbons (Fsp3) is 0.229. The summed E-state index contributed by atoms with van der Waals surface area (Å²) in [4.78, 5) is 38.5. The van der Waals surface area contributed by atoms with Gasteiger partial charge in [-0.05, 0) is 74.4 Å². The SMILES string of the molecule is Cc1ccc(C(=O)NCCCCCCNC(=O)c2ccc3c(c2)C2(OC3=O)c3ccc(O)cc3Oc3cc(O)ccc32)cc1. The minimum atomic E-state index is -1.43. The van der Waals surface area contributed by atoms with Crippen LogP contribution in [0.1, 0.15) is 79.0 Å². The molecule has 9 nitrogen and oxygen atoms in total. The average Bonchev–Trinajstić information content (AvgIpc) is 3.29. The van der Waals surface area contributed by atoms with Crippen molar-refractivity contribution >= 4 is 17.8 Å². The quantitative estimate of drug-likeness (QED) is 0.145. The maximum Gasteiger partial charge on any atom is 0.340 e. The minimum absolute atomic E-state index is 0.0350. The maximum atomic E-state index is 13.2. The fourth-order valence-corrected chi connectivity index (χ4v) is 5.76. The van der Waals surface area contributed by atoms with E-state index in [0.29, 0.717) is 46.5 Å². The van der Waals surface area contributed by atoms with Crippen molar-refractivity contribution in [2.45, 2.75) is 38.2 Å². The number of amides is 2. The number of fused-ring (bicyclic) bond motifs is 6. The van der Waals surface area contributed by atoms with Crippen molar-refractivity contribution in [3.05, 3.63) is 118 Å². The molecule has 2 heterocycles. The Hall–Kier alpha value is -5.31. The van der Waals surface area contributed by atoms with Gasteiger partial charge in [-0.3, -0.25) is 9.59 Å². The molecule has 0 saturated carbocycles. The Morgan fingerprint density at radius 3 is 1.82 bits per heavy atom. The molecule has 9 heteroatoms. The van der Waals surface area contributed by atoms with E-state index in [-0.39, 0.29) is 34.8 Å². The molecular weight excluding hydrogens is 560 g/mol. The van der Waals surface area contributed by atoms with Crippen LogP contribution in [0.3, 0.4) is 0 Å². The predicted octanol–water partition coefficient (Wildman–Crippen LogP) is 5.69. The highest BCUT2D eigenvalue weighted by Gasteiger charge is 2.53. The molecule has 2 aliphatic heterocycles. The fourth-order valence-electron chi connectivity index (χ4n) is 5.76. The Morgan fingerprint density at radius 1 is 0.682 bits per heavy atom. The normalized spacial score (nSPS) is 13.7. The summed E-state index contributed by atoms with van der Waals surface area (Å²) >= 11 is 0. The Bertz CT molecular complexity index is 1710. The molecule has 4 aromatic carbocycles. The number of esters is 1. The van der Waals surface area contributed by atoms with Crippen molar-refractivity contribution in [3.63, 3.8) is 0 Å². The summed E-state index contributed by atoms with van der Waals surface area (Å²) in [5.74, 6) is -0.441. The molecule has 224 valence electrons. The van der Waals surface area contributed by atoms with Crippen molar-refractivity contribution in [2.24, 2.45) is 0 Å². The van der Waals surface area contributed by atoms with Crippen molar-refractivity contribution in [2.75, 3.05) is 13.1 Å². The summed E-state index contributed by atoms with van der Waals surface area (Å²) in [6.45, 7) is 3.05. The predicted molar refractivity (Wildman–Crippen MR) is 162 cm³/mol. The molecule has 0 saturated heterocycles. The van der Waals surface area contributed by atoms with Gasteiger partial charge in [-0.25, -0.2) is 4.79 Å². The van der Waals surface area contributed by atoms with E-state index in [2.05, 4.69) is 10.6 Å². The lowest BCUT2D eigenvalue weighted by Crippen LogP contribution is -2.33. The smallest absolute Gasteiger partial charge is 0.340 e. The average molecular weight is 593 g/mol. The summed E-state index contributed by atoms with van der Waals surface area (Å²) in [6.07, 6.45) is 3.42. The molecule has 0 unspecified atom stereocenters. The van der Waals surface area contributed by atoms with Gasteiger partial charge < -0.3 is 30.3 Å². The largest absolute Gasteiger partial charge is 0.508 e. The number of hydrogen-bond acceptors (Lipinski definition) is 7. The molecule has 2 amide bonds. The van der Waals surface area contributed by atoms with Crippen LogP contribution in [-0.2, 0) is 10.3 Å². The van der Waals surface area contributed by atoms with Crippen LogP contribution in [0.4, 0.5) is 0 Å². The van der Waals surface area contributed by atoms with Crippen molar-refractivity contribution in [3.8, 4) is 23.0 Å². The second-order valence-corrected chi connectivity index (χ2v) is 11.1. The van der Waals surface area contributed by atoms with Crippen LogP contribution >= 0.6 is 0 Å². The molecule has 0 fully saturated rings. The molecule has 0 aliphatic carbocycles. The second kappa shape index (κ2) is 11.8. The Balaban J connectivity index is 1.10. The van der Waals surface area contributed by atoms with Gasteiger partial charge in [-0.2, -0.15) is 0 Å². The number of aromatic hydroxyl groups is 2. The molecule has 4 N–H and O–H groups in total. The Labute approximate surface area is 254 Å². The standard InChI is InChI=1S/C35H32N2O7/c1-21-6-8-22(9-7-21)32(40)36-16-4-2-3-5-17-37-33(41)23-10-13-26-29(18-23)35(44-34(26)42)27-14-11-24(38)19-30(27)43-31-20-25(39)12-15-28(31)35/h6-15,18-20,38-39H,2-5,16-17H2,1H3,(H,36,40)(H,37,41). The number of ether oxygens (including phenoxy) is 2. The third kappa shape index (κ3) is 5.32. The van der Waals surface area contributed by atoms with E-state index < -0.39 is 11.6 Å². The third-order valence-corrected chi connectivity index (χ3v) is 8.02. The van der Waals surface area contributed by atoms with Gasteiger partial charge >= 0.3 is 5.97 Å². The number of aryl methyl sites for hydroxylation is 1. The zero-order chi connectivity index (χ0) is 30.8. The summed E-state index contributed by atoms with van der Waals surface area (Å²) in [6, 6.07) is 21.4. The van der Waals surface area contributed by atoms with Crippen LogP contribution in [0.25, 0.3) is 0 Å². The van der Waals surface area contributed by atoms with E-state index in [1.54, 1.807) is 30.3 Å². The van der Waals surface area contributed by atoms with Crippen LogP contribution in [0.5, 0.6) is 23.0 Å². The van der Waals surface area contributed by atoms with Crippen LogP contribution < -0.4 is 15.4 Å². The van der Waals surface area contributed by atoms with Crippen molar-refractivity contribution in [1.29, 1.82) is 0 Å².